The fraction of sp³-hybridized carbons (Fsp3) is 0.364. The highest BCUT2D eigenvalue weighted by Crippen LogP contribution is 2.32. The third-order valence-corrected chi connectivity index (χ3v) is 4.55. The van der Waals surface area contributed by atoms with Crippen LogP contribution < -0.4 is 0 Å². The molecular formula is C11H12Cl2N2OS. The number of halogens is 2. The van der Waals surface area contributed by atoms with E-state index in [1.807, 2.05) is 19.4 Å². The molecule has 1 atom stereocenters. The van der Waals surface area contributed by atoms with Gasteiger partial charge in [-0.1, -0.05) is 23.2 Å². The van der Waals surface area contributed by atoms with Crippen LogP contribution in [-0.2, 0) is 13.5 Å². The van der Waals surface area contributed by atoms with Crippen LogP contribution in [0.25, 0.3) is 0 Å². The van der Waals surface area contributed by atoms with Gasteiger partial charge in [-0.05, 0) is 18.4 Å². The molecule has 0 bridgehead atoms. The molecule has 0 spiro atoms. The van der Waals surface area contributed by atoms with E-state index >= 15 is 0 Å². The zero-order valence-corrected chi connectivity index (χ0v) is 11.8. The number of aryl methyl sites for hydroxylation is 2. The first-order valence-corrected chi connectivity index (χ1v) is 6.73. The predicted molar refractivity (Wildman–Crippen MR) is 70.9 cm³/mol. The summed E-state index contributed by atoms with van der Waals surface area (Å²) < 4.78 is 1.70. The number of rotatable bonds is 3. The van der Waals surface area contributed by atoms with E-state index < -0.39 is 6.10 Å². The third-order valence-electron chi connectivity index (χ3n) is 2.60. The van der Waals surface area contributed by atoms with Crippen molar-refractivity contribution in [3.05, 3.63) is 37.8 Å². The number of aliphatic hydroxyl groups excluding tert-OH is 1. The Bertz CT molecular complexity index is 536. The molecule has 0 saturated heterocycles. The molecule has 2 aromatic heterocycles. The van der Waals surface area contributed by atoms with Crippen LogP contribution in [0.1, 0.15) is 22.4 Å². The number of hydrogen-bond acceptors (Lipinski definition) is 3. The van der Waals surface area contributed by atoms with Gasteiger partial charge in [-0.3, -0.25) is 4.68 Å². The molecule has 2 heterocycles. The van der Waals surface area contributed by atoms with E-state index in [1.165, 1.54) is 11.3 Å². The molecule has 1 N–H and O–H groups in total. The maximum atomic E-state index is 10.1. The van der Waals surface area contributed by atoms with Gasteiger partial charge in [0.05, 0.1) is 32.4 Å². The van der Waals surface area contributed by atoms with E-state index in [4.69, 9.17) is 23.2 Å². The first-order valence-electron chi connectivity index (χ1n) is 5.09. The lowest BCUT2D eigenvalue weighted by Crippen LogP contribution is -2.06. The molecule has 92 valence electrons. The molecule has 0 saturated carbocycles. The van der Waals surface area contributed by atoms with Crippen molar-refractivity contribution < 1.29 is 5.11 Å². The predicted octanol–water partition coefficient (Wildman–Crippen LogP) is 3.37. The van der Waals surface area contributed by atoms with Crippen LogP contribution in [0.3, 0.4) is 0 Å². The maximum absolute atomic E-state index is 10.1. The van der Waals surface area contributed by atoms with Gasteiger partial charge in [-0.2, -0.15) is 5.10 Å². The van der Waals surface area contributed by atoms with Gasteiger partial charge in [0, 0.05) is 13.5 Å². The second kappa shape index (κ2) is 4.98. The Morgan fingerprint density at radius 1 is 1.53 bits per heavy atom. The summed E-state index contributed by atoms with van der Waals surface area (Å²) in [4.78, 5) is 0.765. The van der Waals surface area contributed by atoms with Gasteiger partial charge >= 0.3 is 0 Å². The molecule has 0 amide bonds. The molecule has 0 aliphatic carbocycles. The van der Waals surface area contributed by atoms with E-state index in [0.29, 0.717) is 16.5 Å². The van der Waals surface area contributed by atoms with Crippen molar-refractivity contribution in [3.63, 3.8) is 0 Å². The molecule has 17 heavy (non-hydrogen) atoms. The van der Waals surface area contributed by atoms with Crippen molar-refractivity contribution in [2.75, 3.05) is 0 Å². The molecule has 0 aliphatic rings. The van der Waals surface area contributed by atoms with Crippen LogP contribution in [0.4, 0.5) is 0 Å². The van der Waals surface area contributed by atoms with Crippen molar-refractivity contribution in [1.29, 1.82) is 0 Å². The fourth-order valence-corrected chi connectivity index (χ4v) is 3.13. The number of aliphatic hydroxyl groups is 1. The summed E-state index contributed by atoms with van der Waals surface area (Å²) in [5.74, 6) is 0. The largest absolute Gasteiger partial charge is 0.387 e. The summed E-state index contributed by atoms with van der Waals surface area (Å²) in [6, 6.07) is 1.78. The molecule has 0 radical (unpaired) electrons. The highest BCUT2D eigenvalue weighted by atomic mass is 35.5. The third kappa shape index (κ3) is 2.50. The highest BCUT2D eigenvalue weighted by Gasteiger charge is 2.19. The lowest BCUT2D eigenvalue weighted by Gasteiger charge is -2.10. The lowest BCUT2D eigenvalue weighted by atomic mass is 10.1. The smallest absolute Gasteiger partial charge is 0.0952 e. The van der Waals surface area contributed by atoms with Gasteiger partial charge in [0.15, 0.2) is 0 Å². The number of nitrogens with zero attached hydrogens (tertiary/aromatic N) is 2. The van der Waals surface area contributed by atoms with Crippen LogP contribution in [0.15, 0.2) is 11.4 Å². The van der Waals surface area contributed by atoms with Gasteiger partial charge in [0.25, 0.3) is 0 Å². The molecule has 0 aliphatic heterocycles. The zero-order valence-electron chi connectivity index (χ0n) is 9.44. The summed E-state index contributed by atoms with van der Waals surface area (Å²) in [6.07, 6.45) is -0.231. The van der Waals surface area contributed by atoms with Crippen molar-refractivity contribution >= 4 is 34.5 Å². The van der Waals surface area contributed by atoms with Crippen molar-refractivity contribution in [1.82, 2.24) is 9.78 Å². The molecule has 3 nitrogen and oxygen atoms in total. The number of hydrogen-bond donors (Lipinski definition) is 1. The summed E-state index contributed by atoms with van der Waals surface area (Å²) in [5.41, 5.74) is 1.59. The monoisotopic (exact) mass is 290 g/mol. The van der Waals surface area contributed by atoms with Crippen LogP contribution in [-0.4, -0.2) is 14.9 Å². The van der Waals surface area contributed by atoms with Crippen LogP contribution in [0.2, 0.25) is 10.0 Å². The Balaban J connectivity index is 2.24. The molecule has 0 aromatic carbocycles. The maximum Gasteiger partial charge on any atom is 0.0952 e. The van der Waals surface area contributed by atoms with E-state index in [9.17, 15) is 5.11 Å². The Morgan fingerprint density at radius 3 is 2.71 bits per heavy atom. The SMILES string of the molecule is Cc1nn(C)c(CC(O)c2sccc2Cl)c1Cl. The first-order chi connectivity index (χ1) is 8.00. The van der Waals surface area contributed by atoms with Gasteiger partial charge in [0.1, 0.15) is 0 Å². The Labute approximate surface area is 114 Å². The zero-order chi connectivity index (χ0) is 12.6. The van der Waals surface area contributed by atoms with E-state index in [0.717, 1.165) is 16.3 Å². The summed E-state index contributed by atoms with van der Waals surface area (Å²) in [5, 5.41) is 17.4. The van der Waals surface area contributed by atoms with Crippen molar-refractivity contribution in [2.45, 2.75) is 19.4 Å². The summed E-state index contributed by atoms with van der Waals surface area (Å²) >= 11 is 13.6. The molecule has 1 unspecified atom stereocenters. The minimum atomic E-state index is -0.644. The van der Waals surface area contributed by atoms with Crippen LogP contribution in [0, 0.1) is 6.92 Å². The minimum Gasteiger partial charge on any atom is -0.387 e. The molecular weight excluding hydrogens is 279 g/mol. The topological polar surface area (TPSA) is 38.0 Å². The molecule has 2 rings (SSSR count). The lowest BCUT2D eigenvalue weighted by molar-refractivity contribution is 0.179. The quantitative estimate of drug-likeness (QED) is 0.941. The van der Waals surface area contributed by atoms with Gasteiger partial charge < -0.3 is 5.11 Å². The highest BCUT2D eigenvalue weighted by molar-refractivity contribution is 7.10. The van der Waals surface area contributed by atoms with Gasteiger partial charge in [-0.25, -0.2) is 0 Å². The second-order valence-electron chi connectivity index (χ2n) is 3.82. The van der Waals surface area contributed by atoms with Gasteiger partial charge in [0.2, 0.25) is 0 Å². The van der Waals surface area contributed by atoms with Crippen LogP contribution in [0.5, 0.6) is 0 Å². The fourth-order valence-electron chi connectivity index (χ4n) is 1.72. The first kappa shape index (κ1) is 12.9. The minimum absolute atomic E-state index is 0.413. The Kier molecular flexibility index (Phi) is 3.78. The normalized spacial score (nSPS) is 13.0. The average Bonchev–Trinajstić information content (AvgIpc) is 2.78. The standard InChI is InChI=1S/C11H12Cl2N2OS/c1-6-10(13)8(15(2)14-6)5-9(16)11-7(12)3-4-17-11/h3-4,9,16H,5H2,1-2H3. The number of thiophene rings is 1. The van der Waals surface area contributed by atoms with Crippen molar-refractivity contribution in [3.8, 4) is 0 Å². The molecule has 0 fully saturated rings. The Hall–Kier alpha value is -0.550. The summed E-state index contributed by atoms with van der Waals surface area (Å²) in [7, 11) is 1.82. The van der Waals surface area contributed by atoms with E-state index in [2.05, 4.69) is 5.10 Å². The van der Waals surface area contributed by atoms with Gasteiger partial charge in [-0.15, -0.1) is 11.3 Å². The summed E-state index contributed by atoms with van der Waals surface area (Å²) in [6.45, 7) is 1.84. The van der Waals surface area contributed by atoms with E-state index in [1.54, 1.807) is 10.7 Å². The average molecular weight is 291 g/mol. The van der Waals surface area contributed by atoms with E-state index in [-0.39, 0.29) is 0 Å². The molecule has 6 heteroatoms. The Morgan fingerprint density at radius 2 is 2.24 bits per heavy atom. The van der Waals surface area contributed by atoms with Crippen LogP contribution >= 0.6 is 34.5 Å². The number of aromatic nitrogens is 2. The van der Waals surface area contributed by atoms with Crippen molar-refractivity contribution in [2.24, 2.45) is 7.05 Å². The second-order valence-corrected chi connectivity index (χ2v) is 5.56. The molecule has 2 aromatic rings.